The Kier molecular flexibility index (Phi) is 5.67. The fourth-order valence-corrected chi connectivity index (χ4v) is 6.10. The highest BCUT2D eigenvalue weighted by Gasteiger charge is 2.40. The number of para-hydroxylation sites is 1. The topological polar surface area (TPSA) is 92.5 Å². The normalized spacial score (nSPS) is 23.9. The van der Waals surface area contributed by atoms with Crippen LogP contribution >= 0.6 is 0 Å². The molecular formula is C20H25F2N3O4S. The van der Waals surface area contributed by atoms with Crippen molar-refractivity contribution in [3.8, 4) is 0 Å². The molecule has 2 aliphatic heterocycles. The third-order valence-corrected chi connectivity index (χ3v) is 7.78. The summed E-state index contributed by atoms with van der Waals surface area (Å²) in [5.74, 6) is 0.155. The molecule has 3 heterocycles. The van der Waals surface area contributed by atoms with Gasteiger partial charge in [-0.2, -0.15) is 0 Å². The molecule has 164 valence electrons. The van der Waals surface area contributed by atoms with Gasteiger partial charge in [0.2, 0.25) is 0 Å². The number of hydrogen-bond donors (Lipinski definition) is 1. The minimum atomic E-state index is -3.12. The van der Waals surface area contributed by atoms with Gasteiger partial charge in [-0.05, 0) is 44.4 Å². The van der Waals surface area contributed by atoms with Crippen LogP contribution in [0.25, 0.3) is 10.9 Å². The van der Waals surface area contributed by atoms with E-state index in [-0.39, 0.29) is 42.8 Å². The second kappa shape index (κ2) is 7.97. The van der Waals surface area contributed by atoms with Gasteiger partial charge in [0.15, 0.2) is 9.84 Å². The first-order chi connectivity index (χ1) is 14.2. The number of aromatic nitrogens is 2. The summed E-state index contributed by atoms with van der Waals surface area (Å²) in [4.78, 5) is 19.5. The lowest BCUT2D eigenvalue weighted by Crippen LogP contribution is -2.48. The lowest BCUT2D eigenvalue weighted by atomic mass is 9.95. The van der Waals surface area contributed by atoms with Gasteiger partial charge in [0.25, 0.3) is 12.0 Å². The standard InChI is InChI=1S/C20H25F2N3O4S/c21-17(22)12-25-18(23-15-5-2-1-4-14(15)19(25)26)16-6-3-9-24(16)13-20(27)7-10-30(28,29)11-8-20/h1-2,4-5,16-17,27H,3,6-13H2. The third-order valence-electron chi connectivity index (χ3n) is 6.13. The average Bonchev–Trinajstić information content (AvgIpc) is 3.14. The molecule has 4 rings (SSSR count). The largest absolute Gasteiger partial charge is 0.388 e. The first-order valence-corrected chi connectivity index (χ1v) is 11.9. The molecule has 0 radical (unpaired) electrons. The average molecular weight is 442 g/mol. The van der Waals surface area contributed by atoms with Crippen molar-refractivity contribution in [1.82, 2.24) is 14.5 Å². The molecule has 1 aromatic heterocycles. The monoisotopic (exact) mass is 441 g/mol. The molecule has 2 fully saturated rings. The summed E-state index contributed by atoms with van der Waals surface area (Å²) in [6.45, 7) is 0.112. The van der Waals surface area contributed by atoms with Crippen molar-refractivity contribution in [2.24, 2.45) is 0 Å². The molecule has 7 nitrogen and oxygen atoms in total. The highest BCUT2D eigenvalue weighted by atomic mass is 32.2. The molecule has 1 N–H and O–H groups in total. The van der Waals surface area contributed by atoms with E-state index in [1.807, 2.05) is 4.90 Å². The summed E-state index contributed by atoms with van der Waals surface area (Å²) in [5.41, 5.74) is -1.19. The maximum atomic E-state index is 13.3. The molecule has 0 amide bonds. The van der Waals surface area contributed by atoms with Crippen molar-refractivity contribution in [2.45, 2.75) is 50.3 Å². The minimum Gasteiger partial charge on any atom is -0.388 e. The van der Waals surface area contributed by atoms with Crippen LogP contribution in [0.5, 0.6) is 0 Å². The number of rotatable bonds is 5. The van der Waals surface area contributed by atoms with Gasteiger partial charge < -0.3 is 5.11 Å². The number of sulfone groups is 1. The Morgan fingerprint density at radius 2 is 1.93 bits per heavy atom. The van der Waals surface area contributed by atoms with Crippen molar-refractivity contribution in [1.29, 1.82) is 0 Å². The van der Waals surface area contributed by atoms with Crippen LogP contribution in [-0.2, 0) is 16.4 Å². The van der Waals surface area contributed by atoms with Crippen molar-refractivity contribution >= 4 is 20.7 Å². The van der Waals surface area contributed by atoms with E-state index >= 15 is 0 Å². The molecule has 1 atom stereocenters. The second-order valence-electron chi connectivity index (χ2n) is 8.30. The third kappa shape index (κ3) is 4.26. The molecular weight excluding hydrogens is 416 g/mol. The summed E-state index contributed by atoms with van der Waals surface area (Å²) < 4.78 is 51.1. The lowest BCUT2D eigenvalue weighted by molar-refractivity contribution is -0.00987. The van der Waals surface area contributed by atoms with E-state index in [0.29, 0.717) is 23.9 Å². The van der Waals surface area contributed by atoms with Gasteiger partial charge in [0.05, 0.1) is 40.6 Å². The first-order valence-electron chi connectivity index (χ1n) is 10.1. The molecule has 1 aromatic carbocycles. The number of halogens is 2. The fraction of sp³-hybridized carbons (Fsp3) is 0.600. The predicted octanol–water partition coefficient (Wildman–Crippen LogP) is 1.74. The van der Waals surface area contributed by atoms with Gasteiger partial charge >= 0.3 is 0 Å². The van der Waals surface area contributed by atoms with Gasteiger partial charge in [0, 0.05) is 6.54 Å². The number of aliphatic hydroxyl groups is 1. The van der Waals surface area contributed by atoms with Crippen molar-refractivity contribution < 1.29 is 22.3 Å². The molecule has 2 aliphatic rings. The zero-order valence-corrected chi connectivity index (χ0v) is 17.3. The van der Waals surface area contributed by atoms with Gasteiger partial charge in [-0.25, -0.2) is 22.2 Å². The maximum Gasteiger partial charge on any atom is 0.261 e. The lowest BCUT2D eigenvalue weighted by Gasteiger charge is -2.37. The van der Waals surface area contributed by atoms with Crippen molar-refractivity contribution in [3.63, 3.8) is 0 Å². The van der Waals surface area contributed by atoms with Gasteiger partial charge in [-0.15, -0.1) is 0 Å². The second-order valence-corrected chi connectivity index (χ2v) is 10.6. The highest BCUT2D eigenvalue weighted by Crippen LogP contribution is 2.35. The number of β-amino-alcohol motifs (C(OH)–C–C–N with tert-alkyl or cyclic N) is 1. The van der Waals surface area contributed by atoms with Crippen LogP contribution in [-0.4, -0.2) is 64.6 Å². The van der Waals surface area contributed by atoms with Gasteiger partial charge in [-0.3, -0.25) is 14.3 Å². The molecule has 0 spiro atoms. The van der Waals surface area contributed by atoms with E-state index in [0.717, 1.165) is 11.0 Å². The van der Waals surface area contributed by atoms with Gasteiger partial charge in [-0.1, -0.05) is 12.1 Å². The van der Waals surface area contributed by atoms with E-state index in [2.05, 4.69) is 4.98 Å². The fourth-order valence-electron chi connectivity index (χ4n) is 4.52. The van der Waals surface area contributed by atoms with Gasteiger partial charge in [0.1, 0.15) is 5.82 Å². The molecule has 0 bridgehead atoms. The molecule has 30 heavy (non-hydrogen) atoms. The summed E-state index contributed by atoms with van der Waals surface area (Å²) in [6.07, 6.45) is -1.01. The predicted molar refractivity (Wildman–Crippen MR) is 108 cm³/mol. The molecule has 1 unspecified atom stereocenters. The van der Waals surface area contributed by atoms with E-state index in [1.165, 1.54) is 0 Å². The number of fused-ring (bicyclic) bond motifs is 1. The van der Waals surface area contributed by atoms with Crippen molar-refractivity contribution in [3.05, 3.63) is 40.4 Å². The van der Waals surface area contributed by atoms with E-state index in [9.17, 15) is 27.1 Å². The Bertz CT molecular complexity index is 1090. The molecule has 2 aromatic rings. The van der Waals surface area contributed by atoms with Crippen LogP contribution in [0, 0.1) is 0 Å². The van der Waals surface area contributed by atoms with E-state index < -0.39 is 34.0 Å². The minimum absolute atomic E-state index is 0.0632. The Morgan fingerprint density at radius 3 is 2.63 bits per heavy atom. The van der Waals surface area contributed by atoms with E-state index in [1.54, 1.807) is 24.3 Å². The summed E-state index contributed by atoms with van der Waals surface area (Å²) in [5, 5.41) is 11.2. The Hall–Kier alpha value is -1.91. The number of likely N-dealkylation sites (tertiary alicyclic amines) is 1. The molecule has 0 saturated carbocycles. The smallest absolute Gasteiger partial charge is 0.261 e. The zero-order chi connectivity index (χ0) is 21.5. The van der Waals surface area contributed by atoms with Crippen LogP contribution in [0.2, 0.25) is 0 Å². The number of benzene rings is 1. The summed E-state index contributed by atoms with van der Waals surface area (Å²) in [7, 11) is -3.12. The van der Waals surface area contributed by atoms with Crippen molar-refractivity contribution in [2.75, 3.05) is 24.6 Å². The Balaban J connectivity index is 1.69. The SMILES string of the molecule is O=c1c2ccccc2nc(C2CCCN2CC2(O)CCS(=O)(=O)CC2)n1CC(F)F. The quantitative estimate of drug-likeness (QED) is 0.760. The number of nitrogens with zero attached hydrogens (tertiary/aromatic N) is 3. The Labute approximate surface area is 173 Å². The first kappa shape index (κ1) is 21.3. The molecule has 0 aliphatic carbocycles. The van der Waals surface area contributed by atoms with Crippen LogP contribution < -0.4 is 5.56 Å². The van der Waals surface area contributed by atoms with Crippen LogP contribution in [0.15, 0.2) is 29.1 Å². The zero-order valence-electron chi connectivity index (χ0n) is 16.5. The summed E-state index contributed by atoms with van der Waals surface area (Å²) >= 11 is 0. The maximum absolute atomic E-state index is 13.3. The Morgan fingerprint density at radius 1 is 1.23 bits per heavy atom. The number of hydrogen-bond acceptors (Lipinski definition) is 6. The van der Waals surface area contributed by atoms with E-state index in [4.69, 9.17) is 0 Å². The van der Waals surface area contributed by atoms with Crippen LogP contribution in [0.3, 0.4) is 0 Å². The van der Waals surface area contributed by atoms with Crippen LogP contribution in [0.4, 0.5) is 8.78 Å². The van der Waals surface area contributed by atoms with Crippen LogP contribution in [0.1, 0.15) is 37.5 Å². The highest BCUT2D eigenvalue weighted by molar-refractivity contribution is 7.91. The summed E-state index contributed by atoms with van der Waals surface area (Å²) in [6, 6.07) is 6.29. The molecule has 2 saturated heterocycles. The molecule has 10 heteroatoms. The number of alkyl halides is 2.